The van der Waals surface area contributed by atoms with Crippen molar-refractivity contribution >= 4 is 17.6 Å². The lowest BCUT2D eigenvalue weighted by Crippen LogP contribution is -2.40. The molecule has 2 rings (SSSR count). The number of halogens is 1. The first kappa shape index (κ1) is 19.2. The smallest absolute Gasteiger partial charge is 0.191 e. The Morgan fingerprint density at radius 3 is 2.84 bits per heavy atom. The summed E-state index contributed by atoms with van der Waals surface area (Å²) in [7, 11) is 0. The van der Waals surface area contributed by atoms with Crippen molar-refractivity contribution in [3.63, 3.8) is 0 Å². The highest BCUT2D eigenvalue weighted by Gasteiger charge is 2.03. The number of aryl methyl sites for hydroxylation is 1. The molecule has 0 aliphatic heterocycles. The van der Waals surface area contributed by atoms with Crippen LogP contribution in [0.25, 0.3) is 0 Å². The Morgan fingerprint density at radius 1 is 1.24 bits per heavy atom. The molecular formula is C18H27ClN6. The molecule has 0 spiro atoms. The monoisotopic (exact) mass is 362 g/mol. The molecule has 6 nitrogen and oxygen atoms in total. The summed E-state index contributed by atoms with van der Waals surface area (Å²) in [6.07, 6.45) is 4.58. The standard InChI is InChI=1S/C18H27ClN6/c1-3-9-20-18(21-10-8-15-6-5-7-16(19)13-15)22-11-12-25-14-23-24-17(25)4-2/h5-7,13-14H,3-4,8-12H2,1-2H3,(H2,20,21,22). The number of guanidine groups is 1. The number of benzene rings is 1. The van der Waals surface area contributed by atoms with Crippen molar-refractivity contribution in [1.29, 1.82) is 0 Å². The third-order valence-corrected chi connectivity index (χ3v) is 3.98. The van der Waals surface area contributed by atoms with Crippen LogP contribution in [0.2, 0.25) is 5.02 Å². The van der Waals surface area contributed by atoms with Crippen LogP contribution in [0.3, 0.4) is 0 Å². The predicted octanol–water partition coefficient (Wildman–Crippen LogP) is 2.68. The van der Waals surface area contributed by atoms with E-state index >= 15 is 0 Å². The average Bonchev–Trinajstić information content (AvgIpc) is 3.06. The van der Waals surface area contributed by atoms with Crippen LogP contribution in [0.4, 0.5) is 0 Å². The first-order chi connectivity index (χ1) is 12.2. The summed E-state index contributed by atoms with van der Waals surface area (Å²) in [4.78, 5) is 4.58. The molecule has 0 saturated heterocycles. The van der Waals surface area contributed by atoms with Gasteiger partial charge in [0.05, 0.1) is 0 Å². The van der Waals surface area contributed by atoms with Gasteiger partial charge < -0.3 is 15.2 Å². The Bertz CT molecular complexity index is 667. The zero-order valence-corrected chi connectivity index (χ0v) is 15.8. The van der Waals surface area contributed by atoms with Crippen LogP contribution in [0, 0.1) is 0 Å². The third-order valence-electron chi connectivity index (χ3n) is 3.75. The average molecular weight is 363 g/mol. The number of nitrogens with one attached hydrogen (secondary N) is 2. The van der Waals surface area contributed by atoms with Crippen LogP contribution >= 0.6 is 11.6 Å². The highest BCUT2D eigenvalue weighted by atomic mass is 35.5. The van der Waals surface area contributed by atoms with Crippen LogP contribution in [-0.2, 0) is 19.4 Å². The Labute approximate surface area is 154 Å². The minimum absolute atomic E-state index is 0.774. The predicted molar refractivity (Wildman–Crippen MR) is 103 cm³/mol. The van der Waals surface area contributed by atoms with Crippen molar-refractivity contribution < 1.29 is 0 Å². The molecule has 2 aromatic rings. The van der Waals surface area contributed by atoms with E-state index in [9.17, 15) is 0 Å². The Kier molecular flexibility index (Phi) is 8.25. The fraction of sp³-hybridized carbons (Fsp3) is 0.500. The lowest BCUT2D eigenvalue weighted by Gasteiger charge is -2.13. The topological polar surface area (TPSA) is 67.1 Å². The molecule has 1 aromatic heterocycles. The molecule has 0 amide bonds. The molecule has 0 radical (unpaired) electrons. The SMILES string of the molecule is CCCN=C(NCCc1cccc(Cl)c1)NCCn1cnnc1CC. The summed E-state index contributed by atoms with van der Waals surface area (Å²) >= 11 is 6.03. The maximum Gasteiger partial charge on any atom is 0.191 e. The van der Waals surface area contributed by atoms with Crippen LogP contribution in [-0.4, -0.2) is 40.4 Å². The Hall–Kier alpha value is -2.08. The first-order valence-corrected chi connectivity index (χ1v) is 9.24. The van der Waals surface area contributed by atoms with Gasteiger partial charge in [-0.1, -0.05) is 37.6 Å². The van der Waals surface area contributed by atoms with Gasteiger partial charge in [-0.3, -0.25) is 4.99 Å². The zero-order valence-electron chi connectivity index (χ0n) is 15.0. The van der Waals surface area contributed by atoms with Crippen LogP contribution in [0.15, 0.2) is 35.6 Å². The van der Waals surface area contributed by atoms with Crippen molar-refractivity contribution in [2.75, 3.05) is 19.6 Å². The van der Waals surface area contributed by atoms with Gasteiger partial charge in [0.1, 0.15) is 12.2 Å². The molecule has 0 aliphatic carbocycles. The van der Waals surface area contributed by atoms with Crippen molar-refractivity contribution in [3.05, 3.63) is 47.0 Å². The fourth-order valence-electron chi connectivity index (χ4n) is 2.45. The van der Waals surface area contributed by atoms with E-state index in [0.717, 1.165) is 62.2 Å². The second kappa shape index (κ2) is 10.7. The van der Waals surface area contributed by atoms with Crippen molar-refractivity contribution in [1.82, 2.24) is 25.4 Å². The van der Waals surface area contributed by atoms with E-state index in [0.29, 0.717) is 0 Å². The van der Waals surface area contributed by atoms with Crippen LogP contribution in [0.1, 0.15) is 31.7 Å². The molecule has 25 heavy (non-hydrogen) atoms. The van der Waals surface area contributed by atoms with Gasteiger partial charge in [0, 0.05) is 37.6 Å². The van der Waals surface area contributed by atoms with E-state index in [-0.39, 0.29) is 0 Å². The van der Waals surface area contributed by atoms with E-state index in [1.807, 2.05) is 18.2 Å². The lowest BCUT2D eigenvalue weighted by atomic mass is 10.1. The van der Waals surface area contributed by atoms with Gasteiger partial charge in [-0.25, -0.2) is 0 Å². The lowest BCUT2D eigenvalue weighted by molar-refractivity contribution is 0.631. The summed E-state index contributed by atoms with van der Waals surface area (Å²) in [5, 5.41) is 15.6. The highest BCUT2D eigenvalue weighted by molar-refractivity contribution is 6.30. The second-order valence-electron chi connectivity index (χ2n) is 5.76. The van der Waals surface area contributed by atoms with Crippen molar-refractivity contribution in [2.24, 2.45) is 4.99 Å². The number of hydrogen-bond donors (Lipinski definition) is 2. The largest absolute Gasteiger partial charge is 0.356 e. The van der Waals surface area contributed by atoms with Crippen LogP contribution < -0.4 is 10.6 Å². The quantitative estimate of drug-likeness (QED) is 0.531. The van der Waals surface area contributed by atoms with E-state index in [4.69, 9.17) is 11.6 Å². The van der Waals surface area contributed by atoms with Gasteiger partial charge in [-0.15, -0.1) is 10.2 Å². The number of rotatable bonds is 9. The number of nitrogens with zero attached hydrogens (tertiary/aromatic N) is 4. The fourth-order valence-corrected chi connectivity index (χ4v) is 2.66. The maximum atomic E-state index is 6.03. The van der Waals surface area contributed by atoms with Gasteiger partial charge in [0.15, 0.2) is 5.96 Å². The van der Waals surface area contributed by atoms with E-state index in [1.54, 1.807) is 6.33 Å². The number of hydrogen-bond acceptors (Lipinski definition) is 3. The second-order valence-corrected chi connectivity index (χ2v) is 6.19. The van der Waals surface area contributed by atoms with Gasteiger partial charge in [0.2, 0.25) is 0 Å². The minimum atomic E-state index is 0.774. The molecule has 0 unspecified atom stereocenters. The summed E-state index contributed by atoms with van der Waals surface area (Å²) in [5.74, 6) is 1.85. The molecule has 0 saturated carbocycles. The summed E-state index contributed by atoms with van der Waals surface area (Å²) < 4.78 is 2.07. The molecule has 1 heterocycles. The molecule has 0 fully saturated rings. The van der Waals surface area contributed by atoms with Crippen molar-refractivity contribution in [2.45, 2.75) is 39.7 Å². The normalized spacial score (nSPS) is 11.6. The molecule has 2 N–H and O–H groups in total. The summed E-state index contributed by atoms with van der Waals surface area (Å²) in [5.41, 5.74) is 1.21. The van der Waals surface area contributed by atoms with Gasteiger partial charge in [-0.2, -0.15) is 0 Å². The molecule has 1 aromatic carbocycles. The Morgan fingerprint density at radius 2 is 2.08 bits per heavy atom. The van der Waals surface area contributed by atoms with E-state index < -0.39 is 0 Å². The van der Waals surface area contributed by atoms with Gasteiger partial charge in [-0.05, 0) is 30.5 Å². The maximum absolute atomic E-state index is 6.03. The van der Waals surface area contributed by atoms with E-state index in [2.05, 4.69) is 50.3 Å². The highest BCUT2D eigenvalue weighted by Crippen LogP contribution is 2.10. The zero-order chi connectivity index (χ0) is 17.9. The molecule has 0 bridgehead atoms. The molecule has 136 valence electrons. The summed E-state index contributed by atoms with van der Waals surface area (Å²) in [6, 6.07) is 7.95. The summed E-state index contributed by atoms with van der Waals surface area (Å²) in [6.45, 7) is 7.41. The third kappa shape index (κ3) is 6.74. The van der Waals surface area contributed by atoms with Crippen LogP contribution in [0.5, 0.6) is 0 Å². The van der Waals surface area contributed by atoms with Gasteiger partial charge in [0.25, 0.3) is 0 Å². The van der Waals surface area contributed by atoms with Crippen molar-refractivity contribution in [3.8, 4) is 0 Å². The van der Waals surface area contributed by atoms with Gasteiger partial charge >= 0.3 is 0 Å². The molecular weight excluding hydrogens is 336 g/mol. The van der Waals surface area contributed by atoms with E-state index in [1.165, 1.54) is 5.56 Å². The molecule has 7 heteroatoms. The minimum Gasteiger partial charge on any atom is -0.356 e. The number of aliphatic imine (C=N–C) groups is 1. The first-order valence-electron chi connectivity index (χ1n) is 8.86. The molecule has 0 aliphatic rings. The molecule has 0 atom stereocenters. The number of aromatic nitrogens is 3. The Balaban J connectivity index is 1.80.